The molecule has 0 aromatic heterocycles. The summed E-state index contributed by atoms with van der Waals surface area (Å²) in [6.07, 6.45) is 0.0526. The van der Waals surface area contributed by atoms with Gasteiger partial charge in [-0.15, -0.1) is 0 Å². The third-order valence-corrected chi connectivity index (χ3v) is 4.64. The molecule has 0 N–H and O–H groups in total. The van der Waals surface area contributed by atoms with Crippen LogP contribution in [0.15, 0.2) is 30.3 Å². The largest absolute Gasteiger partial charge is 0.465 e. The van der Waals surface area contributed by atoms with E-state index in [9.17, 15) is 9.36 Å². The van der Waals surface area contributed by atoms with Crippen LogP contribution in [0.2, 0.25) is 0 Å². The number of para-hydroxylation sites is 1. The lowest BCUT2D eigenvalue weighted by atomic mass is 9.97. The molecule has 1 aromatic carbocycles. The number of benzene rings is 1. The molecular formula is C14H19O5P. The minimum absolute atomic E-state index is 0.0246. The smallest absolute Gasteiger partial charge is 0.379 e. The second-order valence-electron chi connectivity index (χ2n) is 5.59. The predicted molar refractivity (Wildman–Crippen MR) is 74.9 cm³/mol. The number of ether oxygens (including phenoxy) is 1. The van der Waals surface area contributed by atoms with Gasteiger partial charge in [0.15, 0.2) is 0 Å². The summed E-state index contributed by atoms with van der Waals surface area (Å²) in [6.45, 7) is 4.23. The van der Waals surface area contributed by atoms with E-state index in [0.29, 0.717) is 5.75 Å². The Kier molecular flexibility index (Phi) is 4.51. The fourth-order valence-electron chi connectivity index (χ4n) is 1.67. The van der Waals surface area contributed by atoms with E-state index in [0.717, 1.165) is 0 Å². The molecule has 6 heteroatoms. The predicted octanol–water partition coefficient (Wildman–Crippen LogP) is 3.25. The van der Waals surface area contributed by atoms with Crippen LogP contribution in [-0.2, 0) is 18.6 Å². The molecule has 1 aliphatic rings. The van der Waals surface area contributed by atoms with Crippen molar-refractivity contribution < 1.29 is 23.1 Å². The van der Waals surface area contributed by atoms with Gasteiger partial charge in [0.25, 0.3) is 0 Å². The maximum atomic E-state index is 12.7. The highest BCUT2D eigenvalue weighted by Gasteiger charge is 2.33. The molecule has 0 radical (unpaired) electrons. The van der Waals surface area contributed by atoms with Gasteiger partial charge in [-0.05, 0) is 12.1 Å². The molecule has 0 saturated carbocycles. The first-order valence-corrected chi connectivity index (χ1v) is 8.25. The molecule has 20 heavy (non-hydrogen) atoms. The van der Waals surface area contributed by atoms with Crippen LogP contribution in [0, 0.1) is 5.41 Å². The Bertz CT molecular complexity index is 512. The Hall–Kier alpha value is -1.32. The lowest BCUT2D eigenvalue weighted by Crippen LogP contribution is -2.25. The third-order valence-electron chi connectivity index (χ3n) is 2.85. The zero-order chi connectivity index (χ0) is 14.6. The van der Waals surface area contributed by atoms with E-state index in [4.69, 9.17) is 13.8 Å². The molecule has 1 unspecified atom stereocenters. The number of esters is 1. The minimum atomic E-state index is -3.35. The lowest BCUT2D eigenvalue weighted by Gasteiger charge is -2.25. The van der Waals surface area contributed by atoms with Gasteiger partial charge in [0.05, 0.1) is 25.8 Å². The second-order valence-corrected chi connectivity index (χ2v) is 7.70. The molecule has 110 valence electrons. The molecule has 1 fully saturated rings. The van der Waals surface area contributed by atoms with Gasteiger partial charge in [0.1, 0.15) is 5.75 Å². The van der Waals surface area contributed by atoms with Crippen LogP contribution >= 0.6 is 7.60 Å². The number of carbonyl (C=O) groups is 1. The van der Waals surface area contributed by atoms with Gasteiger partial charge >= 0.3 is 13.6 Å². The van der Waals surface area contributed by atoms with E-state index >= 15 is 0 Å². The van der Waals surface area contributed by atoms with Crippen molar-refractivity contribution in [2.75, 3.05) is 19.4 Å². The molecular weight excluding hydrogens is 279 g/mol. The number of rotatable bonds is 2. The van der Waals surface area contributed by atoms with Gasteiger partial charge in [0, 0.05) is 5.41 Å². The molecule has 1 aliphatic heterocycles. The van der Waals surface area contributed by atoms with Crippen molar-refractivity contribution in [3.05, 3.63) is 30.3 Å². The van der Waals surface area contributed by atoms with Crippen molar-refractivity contribution in [1.29, 1.82) is 0 Å². The highest BCUT2D eigenvalue weighted by molar-refractivity contribution is 7.54. The Morgan fingerprint density at radius 1 is 1.20 bits per heavy atom. The van der Waals surface area contributed by atoms with Crippen molar-refractivity contribution in [3.8, 4) is 5.75 Å². The number of hydrogen-bond acceptors (Lipinski definition) is 5. The molecule has 1 aromatic rings. The summed E-state index contributed by atoms with van der Waals surface area (Å²) < 4.78 is 28.9. The Balaban J connectivity index is 2.15. The summed E-state index contributed by atoms with van der Waals surface area (Å²) in [4.78, 5) is 11.6. The van der Waals surface area contributed by atoms with Crippen LogP contribution in [0.4, 0.5) is 0 Å². The van der Waals surface area contributed by atoms with E-state index in [1.54, 1.807) is 24.3 Å². The molecule has 0 aliphatic carbocycles. The van der Waals surface area contributed by atoms with Gasteiger partial charge in [0.2, 0.25) is 0 Å². The monoisotopic (exact) mass is 298 g/mol. The maximum absolute atomic E-state index is 12.7. The summed E-state index contributed by atoms with van der Waals surface area (Å²) in [6, 6.07) is 8.83. The molecule has 1 atom stereocenters. The fraction of sp³-hybridized carbons (Fsp3) is 0.500. The standard InChI is InChI=1S/C14H19O5P/c1-14(2)10-17-13(15)8-9-20(16,18-11-14)19-12-6-4-3-5-7-12/h3-7H,8-11H2,1-2H3. The van der Waals surface area contributed by atoms with Crippen molar-refractivity contribution in [1.82, 2.24) is 0 Å². The van der Waals surface area contributed by atoms with E-state index in [-0.39, 0.29) is 31.8 Å². The first kappa shape index (κ1) is 15.1. The maximum Gasteiger partial charge on any atom is 0.379 e. The van der Waals surface area contributed by atoms with Gasteiger partial charge in [-0.2, -0.15) is 0 Å². The highest BCUT2D eigenvalue weighted by Crippen LogP contribution is 2.50. The average molecular weight is 298 g/mol. The van der Waals surface area contributed by atoms with Crippen molar-refractivity contribution >= 4 is 13.6 Å². The van der Waals surface area contributed by atoms with Gasteiger partial charge in [-0.25, -0.2) is 4.57 Å². The van der Waals surface area contributed by atoms with Gasteiger partial charge in [-0.1, -0.05) is 32.0 Å². The Morgan fingerprint density at radius 2 is 1.90 bits per heavy atom. The summed E-state index contributed by atoms with van der Waals surface area (Å²) in [5, 5.41) is 0. The number of cyclic esters (lactones) is 1. The van der Waals surface area contributed by atoms with E-state index in [1.807, 2.05) is 19.9 Å². The molecule has 5 nitrogen and oxygen atoms in total. The van der Waals surface area contributed by atoms with Gasteiger partial charge in [-0.3, -0.25) is 9.32 Å². The van der Waals surface area contributed by atoms with Crippen LogP contribution in [0.25, 0.3) is 0 Å². The first-order valence-electron chi connectivity index (χ1n) is 6.53. The van der Waals surface area contributed by atoms with Gasteiger partial charge < -0.3 is 9.26 Å². The summed E-state index contributed by atoms with van der Waals surface area (Å²) in [5.74, 6) is 0.0988. The summed E-state index contributed by atoms with van der Waals surface area (Å²) in [5.41, 5.74) is -0.393. The van der Waals surface area contributed by atoms with Crippen LogP contribution < -0.4 is 4.52 Å². The van der Waals surface area contributed by atoms with E-state index < -0.39 is 13.0 Å². The summed E-state index contributed by atoms with van der Waals surface area (Å²) >= 11 is 0. The van der Waals surface area contributed by atoms with Crippen LogP contribution in [-0.4, -0.2) is 25.3 Å². The minimum Gasteiger partial charge on any atom is -0.465 e. The van der Waals surface area contributed by atoms with E-state index in [1.165, 1.54) is 0 Å². The Labute approximate surface area is 118 Å². The van der Waals surface area contributed by atoms with Crippen molar-refractivity contribution in [2.45, 2.75) is 20.3 Å². The SMILES string of the molecule is CC1(C)COC(=O)CCP(=O)(Oc2ccccc2)OC1. The topological polar surface area (TPSA) is 61.8 Å². The summed E-state index contributed by atoms with van der Waals surface area (Å²) in [7, 11) is -3.35. The molecule has 1 heterocycles. The molecule has 2 rings (SSSR count). The Morgan fingerprint density at radius 3 is 2.60 bits per heavy atom. The highest BCUT2D eigenvalue weighted by atomic mass is 31.2. The van der Waals surface area contributed by atoms with Crippen molar-refractivity contribution in [3.63, 3.8) is 0 Å². The lowest BCUT2D eigenvalue weighted by molar-refractivity contribution is -0.146. The molecule has 1 saturated heterocycles. The average Bonchev–Trinajstić information content (AvgIpc) is 2.46. The quantitative estimate of drug-likeness (QED) is 0.619. The van der Waals surface area contributed by atoms with Crippen LogP contribution in [0.1, 0.15) is 20.3 Å². The van der Waals surface area contributed by atoms with Crippen LogP contribution in [0.5, 0.6) is 5.75 Å². The number of hydrogen-bond donors (Lipinski definition) is 0. The third kappa shape index (κ3) is 4.36. The molecule has 0 spiro atoms. The second kappa shape index (κ2) is 5.98. The van der Waals surface area contributed by atoms with Crippen molar-refractivity contribution in [2.24, 2.45) is 5.41 Å². The number of carbonyl (C=O) groups excluding carboxylic acids is 1. The zero-order valence-electron chi connectivity index (χ0n) is 11.7. The first-order chi connectivity index (χ1) is 9.39. The van der Waals surface area contributed by atoms with Crippen LogP contribution in [0.3, 0.4) is 0 Å². The molecule has 0 amide bonds. The molecule has 0 bridgehead atoms. The van der Waals surface area contributed by atoms with E-state index in [2.05, 4.69) is 0 Å². The zero-order valence-corrected chi connectivity index (χ0v) is 12.6. The normalized spacial score (nSPS) is 26.8. The fourth-order valence-corrected chi connectivity index (χ4v) is 3.39.